The van der Waals surface area contributed by atoms with Crippen LogP contribution in [-0.2, 0) is 14.8 Å². The molecule has 0 aliphatic carbocycles. The summed E-state index contributed by atoms with van der Waals surface area (Å²) in [6, 6.07) is 15.4. The Morgan fingerprint density at radius 2 is 1.72 bits per heavy atom. The molecule has 0 aromatic heterocycles. The number of nitrogens with one attached hydrogen (secondary N) is 1. The zero-order chi connectivity index (χ0) is 18.3. The summed E-state index contributed by atoms with van der Waals surface area (Å²) in [7, 11) is -1.99. The highest BCUT2D eigenvalue weighted by atomic mass is 32.2. The summed E-state index contributed by atoms with van der Waals surface area (Å²) >= 11 is 0. The van der Waals surface area contributed by atoms with Gasteiger partial charge in [0.05, 0.1) is 11.5 Å². The van der Waals surface area contributed by atoms with Crippen molar-refractivity contribution < 1.29 is 17.9 Å². The van der Waals surface area contributed by atoms with Gasteiger partial charge in [-0.1, -0.05) is 18.2 Å². The average Bonchev–Trinajstić information content (AvgIpc) is 2.62. The van der Waals surface area contributed by atoms with Crippen LogP contribution in [0.1, 0.15) is 13.3 Å². The normalized spacial score (nSPS) is 11.1. The molecule has 0 unspecified atom stereocenters. The van der Waals surface area contributed by atoms with Gasteiger partial charge in [0.25, 0.3) is 0 Å². The molecule has 1 amide bonds. The Labute approximate surface area is 148 Å². The number of carbonyl (C=O) groups is 1. The second-order valence-corrected chi connectivity index (χ2v) is 7.11. The summed E-state index contributed by atoms with van der Waals surface area (Å²) < 4.78 is 32.2. The van der Waals surface area contributed by atoms with E-state index in [0.717, 1.165) is 5.69 Å². The zero-order valence-corrected chi connectivity index (χ0v) is 15.1. The minimum absolute atomic E-state index is 0.0333. The number of hydrogen-bond donors (Lipinski definition) is 1. The van der Waals surface area contributed by atoms with Gasteiger partial charge < -0.3 is 9.64 Å². The minimum Gasteiger partial charge on any atom is -0.494 e. The van der Waals surface area contributed by atoms with Crippen molar-refractivity contribution >= 4 is 21.6 Å². The highest BCUT2D eigenvalue weighted by Crippen LogP contribution is 2.16. The Morgan fingerprint density at radius 1 is 1.08 bits per heavy atom. The summed E-state index contributed by atoms with van der Waals surface area (Å²) in [4.78, 5) is 13.8. The summed E-state index contributed by atoms with van der Waals surface area (Å²) in [5, 5.41) is 0. The maximum atomic E-state index is 12.2. The number of ether oxygens (including phenoxy) is 1. The molecule has 134 valence electrons. The topological polar surface area (TPSA) is 75.7 Å². The third kappa shape index (κ3) is 5.30. The fourth-order valence-corrected chi connectivity index (χ4v) is 3.25. The Bertz CT molecular complexity index is 790. The number of rotatable bonds is 8. The number of benzene rings is 2. The number of nitrogens with zero attached hydrogens (tertiary/aromatic N) is 1. The fraction of sp³-hybridized carbons (Fsp3) is 0.278. The number of hydrogen-bond acceptors (Lipinski definition) is 4. The van der Waals surface area contributed by atoms with Gasteiger partial charge in [-0.3, -0.25) is 4.79 Å². The van der Waals surface area contributed by atoms with Gasteiger partial charge in [0.2, 0.25) is 15.9 Å². The predicted octanol–water partition coefficient (Wildman–Crippen LogP) is 2.42. The van der Waals surface area contributed by atoms with E-state index >= 15 is 0 Å². The molecule has 2 aromatic carbocycles. The molecule has 0 bridgehead atoms. The third-order valence-corrected chi connectivity index (χ3v) is 5.07. The van der Waals surface area contributed by atoms with E-state index in [1.54, 1.807) is 19.2 Å². The molecule has 0 radical (unpaired) electrons. The molecule has 0 aliphatic rings. The van der Waals surface area contributed by atoms with E-state index in [4.69, 9.17) is 4.74 Å². The molecule has 1 N–H and O–H groups in total. The second-order valence-electron chi connectivity index (χ2n) is 5.34. The quantitative estimate of drug-likeness (QED) is 0.782. The molecule has 25 heavy (non-hydrogen) atoms. The number of anilines is 1. The van der Waals surface area contributed by atoms with Crippen molar-refractivity contribution in [2.24, 2.45) is 0 Å². The lowest BCUT2D eigenvalue weighted by Crippen LogP contribution is -2.32. The van der Waals surface area contributed by atoms with E-state index in [9.17, 15) is 13.2 Å². The molecule has 6 nitrogen and oxygen atoms in total. The molecule has 0 spiro atoms. The van der Waals surface area contributed by atoms with E-state index in [1.165, 1.54) is 17.0 Å². The molecule has 0 saturated carbocycles. The Balaban J connectivity index is 1.90. The standard InChI is InChI=1S/C18H22N2O4S/c1-3-24-16-9-11-17(12-10-16)25(22,23)19-14-13-18(21)20(2)15-7-5-4-6-8-15/h4-12,19H,3,13-14H2,1-2H3. The van der Waals surface area contributed by atoms with E-state index in [2.05, 4.69) is 4.72 Å². The molecular formula is C18H22N2O4S. The molecule has 0 atom stereocenters. The number of para-hydroxylation sites is 1. The summed E-state index contributed by atoms with van der Waals surface area (Å²) in [5.74, 6) is 0.446. The molecule has 0 aliphatic heterocycles. The van der Waals surface area contributed by atoms with Gasteiger partial charge in [-0.05, 0) is 43.3 Å². The maximum Gasteiger partial charge on any atom is 0.240 e. The van der Waals surface area contributed by atoms with E-state index in [-0.39, 0.29) is 23.8 Å². The Hall–Kier alpha value is -2.38. The Kier molecular flexibility index (Phi) is 6.55. The van der Waals surface area contributed by atoms with Gasteiger partial charge in [0, 0.05) is 25.7 Å². The SMILES string of the molecule is CCOc1ccc(S(=O)(=O)NCCC(=O)N(C)c2ccccc2)cc1. The van der Waals surface area contributed by atoms with Crippen LogP contribution in [0, 0.1) is 0 Å². The molecule has 0 saturated heterocycles. The first-order chi connectivity index (χ1) is 11.9. The summed E-state index contributed by atoms with van der Waals surface area (Å²) in [6.45, 7) is 2.41. The van der Waals surface area contributed by atoms with Crippen LogP contribution in [0.25, 0.3) is 0 Å². The van der Waals surface area contributed by atoms with Crippen molar-refractivity contribution in [1.82, 2.24) is 4.72 Å². The van der Waals surface area contributed by atoms with Crippen molar-refractivity contribution in [3.05, 3.63) is 54.6 Å². The Morgan fingerprint density at radius 3 is 2.32 bits per heavy atom. The fourth-order valence-electron chi connectivity index (χ4n) is 2.22. The van der Waals surface area contributed by atoms with Crippen LogP contribution in [0.4, 0.5) is 5.69 Å². The van der Waals surface area contributed by atoms with Crippen LogP contribution in [0.3, 0.4) is 0 Å². The maximum absolute atomic E-state index is 12.2. The minimum atomic E-state index is -3.65. The molecular weight excluding hydrogens is 340 g/mol. The van der Waals surface area contributed by atoms with Crippen molar-refractivity contribution in [1.29, 1.82) is 0 Å². The highest BCUT2D eigenvalue weighted by Gasteiger charge is 2.16. The van der Waals surface area contributed by atoms with Crippen LogP contribution < -0.4 is 14.4 Å². The first-order valence-electron chi connectivity index (χ1n) is 7.98. The third-order valence-electron chi connectivity index (χ3n) is 3.59. The van der Waals surface area contributed by atoms with Crippen LogP contribution in [0.15, 0.2) is 59.5 Å². The number of sulfonamides is 1. The van der Waals surface area contributed by atoms with Crippen molar-refractivity contribution in [3.63, 3.8) is 0 Å². The smallest absolute Gasteiger partial charge is 0.240 e. The van der Waals surface area contributed by atoms with Crippen LogP contribution in [-0.4, -0.2) is 34.5 Å². The molecule has 7 heteroatoms. The van der Waals surface area contributed by atoms with Gasteiger partial charge in [-0.15, -0.1) is 0 Å². The first kappa shape index (κ1) is 19.0. The van der Waals surface area contributed by atoms with Gasteiger partial charge in [-0.2, -0.15) is 0 Å². The number of amides is 1. The molecule has 2 aromatic rings. The van der Waals surface area contributed by atoms with Crippen LogP contribution in [0.5, 0.6) is 5.75 Å². The van der Waals surface area contributed by atoms with Crippen molar-refractivity contribution in [2.45, 2.75) is 18.2 Å². The van der Waals surface area contributed by atoms with E-state index in [0.29, 0.717) is 12.4 Å². The monoisotopic (exact) mass is 362 g/mol. The van der Waals surface area contributed by atoms with Gasteiger partial charge in [0.1, 0.15) is 5.75 Å². The highest BCUT2D eigenvalue weighted by molar-refractivity contribution is 7.89. The average molecular weight is 362 g/mol. The predicted molar refractivity (Wildman–Crippen MR) is 97.3 cm³/mol. The molecule has 0 heterocycles. The summed E-state index contributed by atoms with van der Waals surface area (Å²) in [5.41, 5.74) is 0.766. The lowest BCUT2D eigenvalue weighted by Gasteiger charge is -2.17. The summed E-state index contributed by atoms with van der Waals surface area (Å²) in [6.07, 6.45) is 0.0711. The van der Waals surface area contributed by atoms with Gasteiger partial charge >= 0.3 is 0 Å². The second kappa shape index (κ2) is 8.64. The van der Waals surface area contributed by atoms with Gasteiger partial charge in [0.15, 0.2) is 0 Å². The van der Waals surface area contributed by atoms with Crippen molar-refractivity contribution in [2.75, 3.05) is 25.1 Å². The number of carbonyl (C=O) groups excluding carboxylic acids is 1. The van der Waals surface area contributed by atoms with E-state index in [1.807, 2.05) is 37.3 Å². The lowest BCUT2D eigenvalue weighted by atomic mass is 10.3. The largest absolute Gasteiger partial charge is 0.494 e. The first-order valence-corrected chi connectivity index (χ1v) is 9.46. The lowest BCUT2D eigenvalue weighted by molar-refractivity contribution is -0.118. The van der Waals surface area contributed by atoms with Crippen LogP contribution >= 0.6 is 0 Å². The van der Waals surface area contributed by atoms with Crippen molar-refractivity contribution in [3.8, 4) is 5.75 Å². The van der Waals surface area contributed by atoms with E-state index < -0.39 is 10.0 Å². The van der Waals surface area contributed by atoms with Gasteiger partial charge in [-0.25, -0.2) is 13.1 Å². The zero-order valence-electron chi connectivity index (χ0n) is 14.3. The van der Waals surface area contributed by atoms with Crippen LogP contribution in [0.2, 0.25) is 0 Å². The molecule has 2 rings (SSSR count). The molecule has 0 fully saturated rings.